The minimum absolute atomic E-state index is 0.0592. The average Bonchev–Trinajstić information content (AvgIpc) is 3.13. The molecule has 2 aliphatic rings. The van der Waals surface area contributed by atoms with Gasteiger partial charge in [0.1, 0.15) is 29.0 Å². The van der Waals surface area contributed by atoms with Crippen molar-refractivity contribution in [3.63, 3.8) is 0 Å². The molecule has 1 aromatic carbocycles. The summed E-state index contributed by atoms with van der Waals surface area (Å²) < 4.78 is 16.8. The van der Waals surface area contributed by atoms with Crippen molar-refractivity contribution in [1.29, 1.82) is 0 Å². The molecule has 8 heteroatoms. The molecule has 0 aliphatic carbocycles. The van der Waals surface area contributed by atoms with Crippen LogP contribution in [0.4, 0.5) is 0 Å². The van der Waals surface area contributed by atoms with Crippen molar-refractivity contribution < 1.29 is 28.9 Å². The third-order valence-corrected chi connectivity index (χ3v) is 4.65. The molecule has 0 spiro atoms. The van der Waals surface area contributed by atoms with Crippen LogP contribution >= 0.6 is 0 Å². The molecular weight excluding hydrogens is 364 g/mol. The van der Waals surface area contributed by atoms with Crippen LogP contribution in [0.2, 0.25) is 0 Å². The predicted molar refractivity (Wildman–Crippen MR) is 98.1 cm³/mol. The Labute approximate surface area is 161 Å². The fourth-order valence-electron chi connectivity index (χ4n) is 3.01. The van der Waals surface area contributed by atoms with Crippen molar-refractivity contribution >= 4 is 11.9 Å². The van der Waals surface area contributed by atoms with Gasteiger partial charge < -0.3 is 24.2 Å². The summed E-state index contributed by atoms with van der Waals surface area (Å²) in [5, 5.41) is 9.35. The fraction of sp³-hybridized carbons (Fsp3) is 0.350. The van der Waals surface area contributed by atoms with Crippen LogP contribution in [0.1, 0.15) is 33.7 Å². The Bertz CT molecular complexity index is 873. The highest BCUT2D eigenvalue weighted by Crippen LogP contribution is 2.29. The van der Waals surface area contributed by atoms with Gasteiger partial charge in [-0.25, -0.2) is 9.78 Å². The number of amides is 1. The maximum atomic E-state index is 12.2. The molecule has 3 heterocycles. The lowest BCUT2D eigenvalue weighted by Crippen LogP contribution is -2.42. The Morgan fingerprint density at radius 2 is 1.96 bits per heavy atom. The highest BCUT2D eigenvalue weighted by atomic mass is 16.5. The lowest BCUT2D eigenvalue weighted by atomic mass is 10.2. The van der Waals surface area contributed by atoms with Crippen molar-refractivity contribution in [2.24, 2.45) is 0 Å². The summed E-state index contributed by atoms with van der Waals surface area (Å²) in [6.07, 6.45) is 3.12. The number of carbonyl (C=O) groups excluding carboxylic acids is 1. The molecule has 2 fully saturated rings. The Balaban J connectivity index is 1.50. The summed E-state index contributed by atoms with van der Waals surface area (Å²) in [6, 6.07) is 7.74. The standard InChI is InChI=1S/C20H20N2O6/c23-19(22-5-1-6-22)18-3-2-14(11-21-18)27-16-8-13(20(24)25)9-17(10-16)28-15-4-7-26-12-15/h2-3,8-11,15H,1,4-7,12H2,(H,24,25). The van der Waals surface area contributed by atoms with Crippen LogP contribution in [-0.2, 0) is 4.74 Å². The lowest BCUT2D eigenvalue weighted by Gasteiger charge is -2.30. The zero-order valence-corrected chi connectivity index (χ0v) is 15.2. The minimum atomic E-state index is -1.08. The van der Waals surface area contributed by atoms with Crippen LogP contribution < -0.4 is 9.47 Å². The number of hydrogen-bond acceptors (Lipinski definition) is 6. The van der Waals surface area contributed by atoms with E-state index in [1.54, 1.807) is 23.1 Å². The molecule has 28 heavy (non-hydrogen) atoms. The number of ether oxygens (including phenoxy) is 3. The summed E-state index contributed by atoms with van der Waals surface area (Å²) in [5.74, 6) is -0.0510. The minimum Gasteiger partial charge on any atom is -0.488 e. The van der Waals surface area contributed by atoms with Gasteiger partial charge in [0.05, 0.1) is 25.0 Å². The summed E-state index contributed by atoms with van der Waals surface area (Å²) >= 11 is 0. The molecule has 0 bridgehead atoms. The van der Waals surface area contributed by atoms with E-state index in [0.29, 0.717) is 36.2 Å². The number of rotatable bonds is 6. The molecule has 0 saturated carbocycles. The number of carboxylic acid groups (broad SMARTS) is 1. The van der Waals surface area contributed by atoms with Crippen LogP contribution in [0.25, 0.3) is 0 Å². The van der Waals surface area contributed by atoms with Crippen LogP contribution in [0, 0.1) is 0 Å². The van der Waals surface area contributed by atoms with E-state index in [-0.39, 0.29) is 17.6 Å². The largest absolute Gasteiger partial charge is 0.488 e. The van der Waals surface area contributed by atoms with Crippen LogP contribution in [-0.4, -0.2) is 59.3 Å². The number of aromatic nitrogens is 1. The second kappa shape index (κ2) is 7.85. The number of aromatic carboxylic acids is 1. The number of benzene rings is 1. The van der Waals surface area contributed by atoms with E-state index in [2.05, 4.69) is 4.98 Å². The molecule has 1 N–H and O–H groups in total. The number of nitrogens with zero attached hydrogens (tertiary/aromatic N) is 2. The van der Waals surface area contributed by atoms with E-state index < -0.39 is 5.97 Å². The predicted octanol–water partition coefficient (Wildman–Crippen LogP) is 2.59. The first kappa shape index (κ1) is 18.2. The number of likely N-dealkylation sites (tertiary alicyclic amines) is 1. The highest BCUT2D eigenvalue weighted by molar-refractivity contribution is 5.92. The quantitative estimate of drug-likeness (QED) is 0.817. The Morgan fingerprint density at radius 1 is 1.14 bits per heavy atom. The SMILES string of the molecule is O=C(O)c1cc(Oc2ccc(C(=O)N3CCC3)nc2)cc(OC2CCOC2)c1. The Morgan fingerprint density at radius 3 is 2.57 bits per heavy atom. The fourth-order valence-corrected chi connectivity index (χ4v) is 3.01. The second-order valence-electron chi connectivity index (χ2n) is 6.73. The van der Waals surface area contributed by atoms with Gasteiger partial charge in [-0.15, -0.1) is 0 Å². The molecule has 4 rings (SSSR count). The van der Waals surface area contributed by atoms with Crippen molar-refractivity contribution in [2.45, 2.75) is 18.9 Å². The lowest BCUT2D eigenvalue weighted by molar-refractivity contribution is 0.0644. The monoisotopic (exact) mass is 384 g/mol. The van der Waals surface area contributed by atoms with Crippen molar-refractivity contribution in [3.05, 3.63) is 47.8 Å². The topological polar surface area (TPSA) is 98.2 Å². The molecule has 2 saturated heterocycles. The van der Waals surface area contributed by atoms with E-state index >= 15 is 0 Å². The van der Waals surface area contributed by atoms with E-state index in [1.807, 2.05) is 0 Å². The average molecular weight is 384 g/mol. The van der Waals surface area contributed by atoms with Crippen molar-refractivity contribution in [1.82, 2.24) is 9.88 Å². The number of hydrogen-bond donors (Lipinski definition) is 1. The maximum absolute atomic E-state index is 12.2. The maximum Gasteiger partial charge on any atom is 0.335 e. The van der Waals surface area contributed by atoms with E-state index in [1.165, 1.54) is 18.3 Å². The van der Waals surface area contributed by atoms with E-state index in [4.69, 9.17) is 14.2 Å². The smallest absolute Gasteiger partial charge is 0.335 e. The summed E-state index contributed by atoms with van der Waals surface area (Å²) in [7, 11) is 0. The Hall–Kier alpha value is -3.13. The summed E-state index contributed by atoms with van der Waals surface area (Å²) in [6.45, 7) is 2.62. The molecule has 1 aromatic heterocycles. The molecule has 146 valence electrons. The molecule has 1 unspecified atom stereocenters. The zero-order chi connectivity index (χ0) is 19.5. The molecule has 1 amide bonds. The van der Waals surface area contributed by atoms with Crippen LogP contribution in [0.15, 0.2) is 36.5 Å². The third kappa shape index (κ3) is 4.07. The van der Waals surface area contributed by atoms with Gasteiger partial charge >= 0.3 is 5.97 Å². The van der Waals surface area contributed by atoms with E-state index in [9.17, 15) is 14.7 Å². The molecule has 1 atom stereocenters. The third-order valence-electron chi connectivity index (χ3n) is 4.65. The first-order valence-corrected chi connectivity index (χ1v) is 9.14. The molecule has 8 nitrogen and oxygen atoms in total. The van der Waals surface area contributed by atoms with Gasteiger partial charge in [-0.1, -0.05) is 0 Å². The zero-order valence-electron chi connectivity index (χ0n) is 15.2. The van der Waals surface area contributed by atoms with Crippen LogP contribution in [0.3, 0.4) is 0 Å². The van der Waals surface area contributed by atoms with Gasteiger partial charge in [-0.2, -0.15) is 0 Å². The molecule has 2 aliphatic heterocycles. The second-order valence-corrected chi connectivity index (χ2v) is 6.73. The number of pyridine rings is 1. The van der Waals surface area contributed by atoms with E-state index in [0.717, 1.165) is 25.9 Å². The molecular formula is C20H20N2O6. The number of carbonyl (C=O) groups is 2. The highest BCUT2D eigenvalue weighted by Gasteiger charge is 2.22. The number of carboxylic acids is 1. The van der Waals surface area contributed by atoms with Gasteiger partial charge in [0.2, 0.25) is 0 Å². The molecule has 2 aromatic rings. The summed E-state index contributed by atoms with van der Waals surface area (Å²) in [4.78, 5) is 29.5. The van der Waals surface area contributed by atoms with Gasteiger partial charge in [0.25, 0.3) is 5.91 Å². The Kier molecular flexibility index (Phi) is 5.12. The van der Waals surface area contributed by atoms with Gasteiger partial charge in [-0.3, -0.25) is 4.79 Å². The molecule has 0 radical (unpaired) electrons. The van der Waals surface area contributed by atoms with Crippen molar-refractivity contribution in [3.8, 4) is 17.2 Å². The van der Waals surface area contributed by atoms with Crippen LogP contribution in [0.5, 0.6) is 17.2 Å². The van der Waals surface area contributed by atoms with Gasteiger partial charge in [0.15, 0.2) is 0 Å². The first-order chi connectivity index (χ1) is 13.6. The summed E-state index contributed by atoms with van der Waals surface area (Å²) in [5.41, 5.74) is 0.417. The first-order valence-electron chi connectivity index (χ1n) is 9.14. The van der Waals surface area contributed by atoms with Gasteiger partial charge in [0, 0.05) is 25.6 Å². The van der Waals surface area contributed by atoms with Gasteiger partial charge in [-0.05, 0) is 30.7 Å². The van der Waals surface area contributed by atoms with Crippen molar-refractivity contribution in [2.75, 3.05) is 26.3 Å². The normalized spacial score (nSPS) is 18.4.